The predicted octanol–water partition coefficient (Wildman–Crippen LogP) is 5.81. The average Bonchev–Trinajstić information content (AvgIpc) is 2.58. The van der Waals surface area contributed by atoms with Crippen LogP contribution in [0.4, 0.5) is 4.79 Å². The van der Waals surface area contributed by atoms with Crippen LogP contribution in [0.15, 0.2) is 30.5 Å². The number of hydrogen-bond acceptors (Lipinski definition) is 5. The minimum absolute atomic E-state index is 0.211. The van der Waals surface area contributed by atoms with E-state index >= 15 is 0 Å². The van der Waals surface area contributed by atoms with E-state index in [9.17, 15) is 4.79 Å². The van der Waals surface area contributed by atoms with Crippen molar-refractivity contribution < 1.29 is 14.3 Å². The van der Waals surface area contributed by atoms with E-state index in [0.717, 1.165) is 29.0 Å². The Morgan fingerprint density at radius 1 is 1.20 bits per heavy atom. The number of nitrogens with one attached hydrogen (secondary N) is 1. The highest BCUT2D eigenvalue weighted by molar-refractivity contribution is 6.28. The van der Waals surface area contributed by atoms with Crippen molar-refractivity contribution in [3.05, 3.63) is 41.3 Å². The van der Waals surface area contributed by atoms with Gasteiger partial charge in [0.1, 0.15) is 18.0 Å². The average molecular weight is 434 g/mol. The maximum absolute atomic E-state index is 12.4. The van der Waals surface area contributed by atoms with Crippen molar-refractivity contribution in [2.24, 2.45) is 5.92 Å². The summed E-state index contributed by atoms with van der Waals surface area (Å²) in [6, 6.07) is 7.65. The zero-order chi connectivity index (χ0) is 22.5. The Bertz CT molecular complexity index is 880. The van der Waals surface area contributed by atoms with Gasteiger partial charge in [-0.15, -0.1) is 0 Å². The van der Waals surface area contributed by atoms with Gasteiger partial charge in [-0.05, 0) is 88.4 Å². The van der Waals surface area contributed by atoms with Crippen LogP contribution in [0.3, 0.4) is 0 Å². The van der Waals surface area contributed by atoms with E-state index in [1.165, 1.54) is 0 Å². The number of ether oxygens (including phenoxy) is 2. The standard InChI is InChI=1S/C23H32ClN3O3/c1-15(2)13-23(7,27-21(28)30-22(4,5)6)14-29-19-9-8-17(12-16(19)3)18-10-11-25-20(24)26-18/h8-12,15H,13-14H2,1-7H3,(H,27,28). The van der Waals surface area contributed by atoms with Gasteiger partial charge < -0.3 is 14.8 Å². The van der Waals surface area contributed by atoms with Crippen LogP contribution in [0.1, 0.15) is 53.5 Å². The van der Waals surface area contributed by atoms with Gasteiger partial charge in [-0.3, -0.25) is 0 Å². The number of nitrogens with zero attached hydrogens (tertiary/aromatic N) is 2. The first-order valence-corrected chi connectivity index (χ1v) is 10.5. The molecular formula is C23H32ClN3O3. The normalized spacial score (nSPS) is 13.6. The molecule has 0 aliphatic rings. The largest absolute Gasteiger partial charge is 0.491 e. The van der Waals surface area contributed by atoms with Gasteiger partial charge in [-0.25, -0.2) is 14.8 Å². The molecule has 0 saturated heterocycles. The lowest BCUT2D eigenvalue weighted by Crippen LogP contribution is -2.52. The summed E-state index contributed by atoms with van der Waals surface area (Å²) in [6.45, 7) is 14.0. The molecule has 1 unspecified atom stereocenters. The third-order valence-electron chi connectivity index (χ3n) is 4.30. The topological polar surface area (TPSA) is 73.3 Å². The lowest BCUT2D eigenvalue weighted by molar-refractivity contribution is 0.0408. The van der Waals surface area contributed by atoms with E-state index in [1.807, 2.05) is 58.9 Å². The first-order chi connectivity index (χ1) is 13.9. The molecule has 1 heterocycles. The fraction of sp³-hybridized carbons (Fsp3) is 0.522. The number of benzene rings is 1. The van der Waals surface area contributed by atoms with Crippen molar-refractivity contribution in [3.63, 3.8) is 0 Å². The maximum atomic E-state index is 12.4. The third-order valence-corrected chi connectivity index (χ3v) is 4.49. The predicted molar refractivity (Wildman–Crippen MR) is 120 cm³/mol. The van der Waals surface area contributed by atoms with Gasteiger partial charge in [0.2, 0.25) is 5.28 Å². The molecule has 1 amide bonds. The molecule has 30 heavy (non-hydrogen) atoms. The molecule has 1 N–H and O–H groups in total. The summed E-state index contributed by atoms with van der Waals surface area (Å²) >= 11 is 5.90. The summed E-state index contributed by atoms with van der Waals surface area (Å²) in [5.41, 5.74) is 1.52. The molecule has 0 bridgehead atoms. The van der Waals surface area contributed by atoms with Crippen molar-refractivity contribution in [2.45, 2.75) is 66.0 Å². The molecule has 0 aliphatic carbocycles. The second kappa shape index (κ2) is 9.65. The van der Waals surface area contributed by atoms with Gasteiger partial charge in [0, 0.05) is 11.8 Å². The van der Waals surface area contributed by atoms with Gasteiger partial charge >= 0.3 is 6.09 Å². The summed E-state index contributed by atoms with van der Waals surface area (Å²) in [4.78, 5) is 20.5. The molecule has 0 aliphatic heterocycles. The van der Waals surface area contributed by atoms with E-state index in [2.05, 4.69) is 29.1 Å². The molecule has 1 atom stereocenters. The third kappa shape index (κ3) is 7.48. The Balaban J connectivity index is 2.13. The first-order valence-electron chi connectivity index (χ1n) is 10.1. The second-order valence-electron chi connectivity index (χ2n) is 9.27. The fourth-order valence-electron chi connectivity index (χ4n) is 3.30. The number of aryl methyl sites for hydroxylation is 1. The SMILES string of the molecule is Cc1cc(-c2ccnc(Cl)n2)ccc1OCC(C)(CC(C)C)NC(=O)OC(C)(C)C. The van der Waals surface area contributed by atoms with Crippen LogP contribution in [-0.4, -0.2) is 33.8 Å². The lowest BCUT2D eigenvalue weighted by Gasteiger charge is -2.33. The van der Waals surface area contributed by atoms with Gasteiger partial charge in [0.05, 0.1) is 11.2 Å². The second-order valence-corrected chi connectivity index (χ2v) is 9.60. The Hall–Kier alpha value is -2.34. The van der Waals surface area contributed by atoms with Crippen molar-refractivity contribution >= 4 is 17.7 Å². The van der Waals surface area contributed by atoms with Crippen molar-refractivity contribution in [2.75, 3.05) is 6.61 Å². The fourth-order valence-corrected chi connectivity index (χ4v) is 3.45. The smallest absolute Gasteiger partial charge is 0.408 e. The first kappa shape index (κ1) is 23.9. The summed E-state index contributed by atoms with van der Waals surface area (Å²) in [6.07, 6.45) is 1.94. The minimum atomic E-state index is -0.568. The van der Waals surface area contributed by atoms with Gasteiger partial charge in [-0.1, -0.05) is 13.8 Å². The Morgan fingerprint density at radius 2 is 1.90 bits per heavy atom. The summed E-state index contributed by atoms with van der Waals surface area (Å²) in [7, 11) is 0. The number of carbonyl (C=O) groups excluding carboxylic acids is 1. The minimum Gasteiger partial charge on any atom is -0.491 e. The summed E-state index contributed by atoms with van der Waals surface area (Å²) in [5.74, 6) is 1.12. The number of hydrogen-bond donors (Lipinski definition) is 1. The van der Waals surface area contributed by atoms with E-state index in [-0.39, 0.29) is 5.28 Å². The molecule has 0 fully saturated rings. The summed E-state index contributed by atoms with van der Waals surface area (Å²) < 4.78 is 11.6. The van der Waals surface area contributed by atoms with Crippen LogP contribution in [0.5, 0.6) is 5.75 Å². The Labute approximate surface area is 184 Å². The molecule has 2 aromatic rings. The number of aromatic nitrogens is 2. The zero-order valence-corrected chi connectivity index (χ0v) is 19.6. The van der Waals surface area contributed by atoms with E-state index < -0.39 is 17.2 Å². The van der Waals surface area contributed by atoms with E-state index in [0.29, 0.717) is 12.5 Å². The monoisotopic (exact) mass is 433 g/mol. The summed E-state index contributed by atoms with van der Waals surface area (Å²) in [5, 5.41) is 3.21. The molecule has 7 heteroatoms. The zero-order valence-electron chi connectivity index (χ0n) is 18.9. The maximum Gasteiger partial charge on any atom is 0.408 e. The Kier molecular flexibility index (Phi) is 7.70. The van der Waals surface area contributed by atoms with Crippen molar-refractivity contribution in [3.8, 4) is 17.0 Å². The molecule has 6 nitrogen and oxygen atoms in total. The molecule has 0 spiro atoms. The molecule has 0 radical (unpaired) electrons. The van der Waals surface area contributed by atoms with Crippen LogP contribution in [0.25, 0.3) is 11.3 Å². The van der Waals surface area contributed by atoms with Gasteiger partial charge in [0.15, 0.2) is 0 Å². The molecule has 2 rings (SSSR count). The Morgan fingerprint density at radius 3 is 2.47 bits per heavy atom. The van der Waals surface area contributed by atoms with E-state index in [4.69, 9.17) is 21.1 Å². The number of carbonyl (C=O) groups is 1. The van der Waals surface area contributed by atoms with Crippen LogP contribution in [0.2, 0.25) is 5.28 Å². The molecule has 1 aromatic carbocycles. The van der Waals surface area contributed by atoms with Crippen molar-refractivity contribution in [1.29, 1.82) is 0 Å². The highest BCUT2D eigenvalue weighted by Gasteiger charge is 2.31. The van der Waals surface area contributed by atoms with Gasteiger partial charge in [-0.2, -0.15) is 0 Å². The van der Waals surface area contributed by atoms with Crippen LogP contribution >= 0.6 is 11.6 Å². The van der Waals surface area contributed by atoms with E-state index in [1.54, 1.807) is 6.20 Å². The highest BCUT2D eigenvalue weighted by atomic mass is 35.5. The molecular weight excluding hydrogens is 402 g/mol. The molecule has 1 aromatic heterocycles. The van der Waals surface area contributed by atoms with Crippen LogP contribution in [-0.2, 0) is 4.74 Å². The molecule has 164 valence electrons. The lowest BCUT2D eigenvalue weighted by atomic mass is 9.91. The van der Waals surface area contributed by atoms with Crippen molar-refractivity contribution in [1.82, 2.24) is 15.3 Å². The van der Waals surface area contributed by atoms with Crippen LogP contribution < -0.4 is 10.1 Å². The number of halogens is 1. The molecule has 0 saturated carbocycles. The number of amides is 1. The number of rotatable bonds is 7. The number of alkyl carbamates (subject to hydrolysis) is 1. The van der Waals surface area contributed by atoms with Gasteiger partial charge in [0.25, 0.3) is 0 Å². The van der Waals surface area contributed by atoms with Crippen LogP contribution in [0, 0.1) is 12.8 Å². The quantitative estimate of drug-likeness (QED) is 0.557. The highest BCUT2D eigenvalue weighted by Crippen LogP contribution is 2.27.